The van der Waals surface area contributed by atoms with Crippen molar-refractivity contribution in [1.82, 2.24) is 5.32 Å². The maximum atomic E-state index is 12.2. The number of non-ortho nitro benzene ring substituents is 1. The molecule has 0 radical (unpaired) electrons. The molecule has 7 nitrogen and oxygen atoms in total. The average molecular weight is 302 g/mol. The normalized spacial score (nSPS) is 13.1. The number of ether oxygens (including phenoxy) is 1. The number of rotatable bonds is 8. The summed E-state index contributed by atoms with van der Waals surface area (Å²) in [6.07, 6.45) is 0. The topological polar surface area (TPSA) is 98.5 Å². The van der Waals surface area contributed by atoms with Gasteiger partial charge in [-0.25, -0.2) is 8.42 Å². The molecular weight excluding hydrogens is 284 g/mol. The van der Waals surface area contributed by atoms with Crippen molar-refractivity contribution in [3.63, 3.8) is 0 Å². The second-order valence-corrected chi connectivity index (χ2v) is 6.28. The first kappa shape index (κ1) is 16.5. The molecule has 1 aromatic rings. The Morgan fingerprint density at radius 1 is 1.35 bits per heavy atom. The number of benzene rings is 1. The fourth-order valence-electron chi connectivity index (χ4n) is 1.79. The van der Waals surface area contributed by atoms with E-state index in [1.54, 1.807) is 0 Å². The maximum Gasteiger partial charge on any atom is 0.269 e. The number of nitrogens with zero attached hydrogens (tertiary/aromatic N) is 1. The van der Waals surface area contributed by atoms with E-state index >= 15 is 0 Å². The fourth-order valence-corrected chi connectivity index (χ4v) is 3.28. The van der Waals surface area contributed by atoms with Gasteiger partial charge in [0.25, 0.3) is 5.69 Å². The Morgan fingerprint density at radius 2 is 1.95 bits per heavy atom. The summed E-state index contributed by atoms with van der Waals surface area (Å²) in [6, 6.07) is 4.56. The van der Waals surface area contributed by atoms with E-state index in [1.165, 1.54) is 31.4 Å². The molecule has 0 aliphatic heterocycles. The van der Waals surface area contributed by atoms with E-state index in [0.29, 0.717) is 6.54 Å². The summed E-state index contributed by atoms with van der Waals surface area (Å²) in [5, 5.41) is 13.6. The van der Waals surface area contributed by atoms with Crippen LogP contribution in [0.1, 0.15) is 6.92 Å². The SMILES string of the molecule is CCNC(COC)CS(=O)(=O)c1ccc([N+](=O)[O-])cc1. The average Bonchev–Trinajstić information content (AvgIpc) is 2.39. The molecule has 1 aromatic carbocycles. The molecule has 0 aliphatic carbocycles. The van der Waals surface area contributed by atoms with Crippen molar-refractivity contribution in [3.05, 3.63) is 34.4 Å². The molecule has 0 fully saturated rings. The lowest BCUT2D eigenvalue weighted by Crippen LogP contribution is -2.39. The van der Waals surface area contributed by atoms with Crippen LogP contribution in [-0.4, -0.2) is 45.4 Å². The van der Waals surface area contributed by atoms with Crippen molar-refractivity contribution in [2.75, 3.05) is 26.0 Å². The molecule has 0 saturated carbocycles. The van der Waals surface area contributed by atoms with Crippen LogP contribution in [0.4, 0.5) is 5.69 Å². The summed E-state index contributed by atoms with van der Waals surface area (Å²) in [7, 11) is -2.01. The Morgan fingerprint density at radius 3 is 2.40 bits per heavy atom. The molecule has 0 amide bonds. The highest BCUT2D eigenvalue weighted by Gasteiger charge is 2.21. The van der Waals surface area contributed by atoms with Crippen molar-refractivity contribution in [1.29, 1.82) is 0 Å². The van der Waals surface area contributed by atoms with Crippen molar-refractivity contribution in [2.24, 2.45) is 0 Å². The molecule has 1 N–H and O–H groups in total. The van der Waals surface area contributed by atoms with Gasteiger partial charge in [-0.1, -0.05) is 6.92 Å². The highest BCUT2D eigenvalue weighted by molar-refractivity contribution is 7.91. The summed E-state index contributed by atoms with van der Waals surface area (Å²) in [5.74, 6) is -0.119. The third-order valence-corrected chi connectivity index (χ3v) is 4.52. The predicted octanol–water partition coefficient (Wildman–Crippen LogP) is 0.993. The highest BCUT2D eigenvalue weighted by Crippen LogP contribution is 2.17. The van der Waals surface area contributed by atoms with Crippen LogP contribution in [0.2, 0.25) is 0 Å². The van der Waals surface area contributed by atoms with E-state index in [2.05, 4.69) is 5.32 Å². The van der Waals surface area contributed by atoms with Gasteiger partial charge in [-0.2, -0.15) is 0 Å². The van der Waals surface area contributed by atoms with Gasteiger partial charge >= 0.3 is 0 Å². The van der Waals surface area contributed by atoms with E-state index < -0.39 is 14.8 Å². The van der Waals surface area contributed by atoms with Crippen LogP contribution in [0.5, 0.6) is 0 Å². The number of methoxy groups -OCH3 is 1. The van der Waals surface area contributed by atoms with Gasteiger partial charge in [0.15, 0.2) is 9.84 Å². The Kier molecular flexibility index (Phi) is 6.05. The fraction of sp³-hybridized carbons (Fsp3) is 0.500. The summed E-state index contributed by atoms with van der Waals surface area (Å²) in [6.45, 7) is 2.78. The minimum absolute atomic E-state index is 0.0714. The molecule has 0 bridgehead atoms. The van der Waals surface area contributed by atoms with Crippen LogP contribution < -0.4 is 5.32 Å². The summed E-state index contributed by atoms with van der Waals surface area (Å²) in [4.78, 5) is 10.0. The quantitative estimate of drug-likeness (QED) is 0.568. The first-order chi connectivity index (χ1) is 9.40. The van der Waals surface area contributed by atoms with Crippen molar-refractivity contribution < 1.29 is 18.1 Å². The molecule has 0 aromatic heterocycles. The first-order valence-electron chi connectivity index (χ1n) is 6.10. The molecule has 1 unspecified atom stereocenters. The predicted molar refractivity (Wildman–Crippen MR) is 74.5 cm³/mol. The van der Waals surface area contributed by atoms with Crippen molar-refractivity contribution >= 4 is 15.5 Å². The zero-order valence-electron chi connectivity index (χ0n) is 11.4. The van der Waals surface area contributed by atoms with Gasteiger partial charge in [0.05, 0.1) is 22.2 Å². The monoisotopic (exact) mass is 302 g/mol. The number of nitro benzene ring substituents is 1. The van der Waals surface area contributed by atoms with Gasteiger partial charge < -0.3 is 10.1 Å². The Labute approximate surface area is 118 Å². The summed E-state index contributed by atoms with van der Waals surface area (Å²) in [5.41, 5.74) is -0.135. The smallest absolute Gasteiger partial charge is 0.269 e. The lowest BCUT2D eigenvalue weighted by molar-refractivity contribution is -0.384. The largest absolute Gasteiger partial charge is 0.383 e. The van der Waals surface area contributed by atoms with Gasteiger partial charge in [-0.3, -0.25) is 10.1 Å². The number of nitro groups is 1. The van der Waals surface area contributed by atoms with E-state index in [4.69, 9.17) is 4.74 Å². The molecule has 1 atom stereocenters. The highest BCUT2D eigenvalue weighted by atomic mass is 32.2. The number of nitrogens with one attached hydrogen (secondary N) is 1. The van der Waals surface area contributed by atoms with E-state index in [1.807, 2.05) is 6.92 Å². The van der Waals surface area contributed by atoms with Crippen LogP contribution in [0.25, 0.3) is 0 Å². The van der Waals surface area contributed by atoms with Crippen LogP contribution in [0.3, 0.4) is 0 Å². The molecule has 112 valence electrons. The second kappa shape index (κ2) is 7.32. The van der Waals surface area contributed by atoms with Crippen LogP contribution in [0.15, 0.2) is 29.2 Å². The van der Waals surface area contributed by atoms with Gasteiger partial charge in [0.2, 0.25) is 0 Å². The minimum Gasteiger partial charge on any atom is -0.383 e. The number of likely N-dealkylation sites (N-methyl/N-ethyl adjacent to an activating group) is 1. The third kappa shape index (κ3) is 4.55. The van der Waals surface area contributed by atoms with Crippen LogP contribution >= 0.6 is 0 Å². The van der Waals surface area contributed by atoms with Gasteiger partial charge in [0.1, 0.15) is 0 Å². The Balaban J connectivity index is 2.89. The molecule has 20 heavy (non-hydrogen) atoms. The van der Waals surface area contributed by atoms with E-state index in [9.17, 15) is 18.5 Å². The lowest BCUT2D eigenvalue weighted by Gasteiger charge is -2.16. The molecule has 0 aliphatic rings. The summed E-state index contributed by atoms with van der Waals surface area (Å²) >= 11 is 0. The number of hydrogen-bond acceptors (Lipinski definition) is 6. The number of sulfone groups is 1. The van der Waals surface area contributed by atoms with Crippen molar-refractivity contribution in [2.45, 2.75) is 17.9 Å². The molecule has 0 saturated heterocycles. The maximum absolute atomic E-state index is 12.2. The van der Waals surface area contributed by atoms with E-state index in [0.717, 1.165) is 0 Å². The van der Waals surface area contributed by atoms with E-state index in [-0.39, 0.29) is 29.0 Å². The van der Waals surface area contributed by atoms with Crippen LogP contribution in [0, 0.1) is 10.1 Å². The molecular formula is C12H18N2O5S. The third-order valence-electron chi connectivity index (χ3n) is 2.69. The zero-order chi connectivity index (χ0) is 15.2. The number of hydrogen-bond donors (Lipinski definition) is 1. The second-order valence-electron chi connectivity index (χ2n) is 4.24. The van der Waals surface area contributed by atoms with Gasteiger partial charge in [-0.15, -0.1) is 0 Å². The van der Waals surface area contributed by atoms with Gasteiger partial charge in [-0.05, 0) is 18.7 Å². The minimum atomic E-state index is -3.51. The first-order valence-corrected chi connectivity index (χ1v) is 7.75. The Hall–Kier alpha value is -1.51. The Bertz CT molecular complexity index is 535. The van der Waals surface area contributed by atoms with Crippen LogP contribution in [-0.2, 0) is 14.6 Å². The summed E-state index contributed by atoms with van der Waals surface area (Å²) < 4.78 is 29.4. The van der Waals surface area contributed by atoms with Gasteiger partial charge in [0, 0.05) is 25.3 Å². The lowest BCUT2D eigenvalue weighted by atomic mass is 10.3. The molecule has 1 rings (SSSR count). The molecule has 0 heterocycles. The molecule has 0 spiro atoms. The standard InChI is InChI=1S/C12H18N2O5S/c1-3-13-10(8-19-2)9-20(17,18)12-6-4-11(5-7-12)14(15)16/h4-7,10,13H,3,8-9H2,1-2H3. The zero-order valence-corrected chi connectivity index (χ0v) is 12.2. The van der Waals surface area contributed by atoms with Crippen molar-refractivity contribution in [3.8, 4) is 0 Å². The molecule has 8 heteroatoms.